The van der Waals surface area contributed by atoms with Crippen LogP contribution in [0.25, 0.3) is 6.08 Å². The molecule has 1 aromatic carbocycles. The second-order valence-corrected chi connectivity index (χ2v) is 6.88. The largest absolute Gasteiger partial charge is 0.456 e. The van der Waals surface area contributed by atoms with Gasteiger partial charge in [0.05, 0.1) is 5.56 Å². The van der Waals surface area contributed by atoms with Gasteiger partial charge in [0.25, 0.3) is 0 Å². The molecule has 2 rings (SSSR count). The highest BCUT2D eigenvalue weighted by atomic mass is 16.6. The third-order valence-corrected chi connectivity index (χ3v) is 3.73. The molecule has 2 heteroatoms. The van der Waals surface area contributed by atoms with Crippen LogP contribution in [0.15, 0.2) is 30.3 Å². The average molecular weight is 286 g/mol. The molecule has 0 heterocycles. The Balaban J connectivity index is 2.03. The molecule has 0 amide bonds. The highest BCUT2D eigenvalue weighted by Crippen LogP contribution is 2.25. The molecule has 0 unspecified atom stereocenters. The van der Waals surface area contributed by atoms with Crippen LogP contribution in [0.5, 0.6) is 0 Å². The van der Waals surface area contributed by atoms with Gasteiger partial charge in [0, 0.05) is 0 Å². The highest BCUT2D eigenvalue weighted by molar-refractivity contribution is 5.90. The van der Waals surface area contributed by atoms with E-state index in [1.807, 2.05) is 45.0 Å². The molecule has 0 spiro atoms. The molecular weight excluding hydrogens is 260 g/mol. The van der Waals surface area contributed by atoms with Crippen molar-refractivity contribution in [1.82, 2.24) is 0 Å². The Morgan fingerprint density at radius 1 is 1.19 bits per heavy atom. The van der Waals surface area contributed by atoms with Crippen molar-refractivity contribution >= 4 is 12.0 Å². The summed E-state index contributed by atoms with van der Waals surface area (Å²) in [6.45, 7) is 5.66. The molecule has 0 aromatic heterocycles. The first-order valence-electron chi connectivity index (χ1n) is 7.96. The van der Waals surface area contributed by atoms with Crippen LogP contribution in [0.4, 0.5) is 0 Å². The summed E-state index contributed by atoms with van der Waals surface area (Å²) in [6, 6.07) is 7.67. The summed E-state index contributed by atoms with van der Waals surface area (Å²) in [7, 11) is 0. The van der Waals surface area contributed by atoms with Gasteiger partial charge in [-0.05, 0) is 57.2 Å². The first kappa shape index (κ1) is 15.8. The number of benzene rings is 1. The molecule has 0 radical (unpaired) electrons. The minimum Gasteiger partial charge on any atom is -0.456 e. The molecule has 0 bridgehead atoms. The lowest BCUT2D eigenvalue weighted by atomic mass is 9.89. The van der Waals surface area contributed by atoms with E-state index < -0.39 is 5.60 Å². The van der Waals surface area contributed by atoms with E-state index in [2.05, 4.69) is 12.2 Å². The zero-order valence-corrected chi connectivity index (χ0v) is 13.4. The number of hydrogen-bond acceptors (Lipinski definition) is 2. The summed E-state index contributed by atoms with van der Waals surface area (Å²) >= 11 is 0. The van der Waals surface area contributed by atoms with Crippen LogP contribution in [0.1, 0.15) is 68.8 Å². The number of carbonyl (C=O) groups is 1. The van der Waals surface area contributed by atoms with Gasteiger partial charge in [-0.1, -0.05) is 43.5 Å². The maximum atomic E-state index is 12.1. The molecule has 0 atom stereocenters. The number of carbonyl (C=O) groups excluding carboxylic acids is 1. The molecule has 1 aliphatic rings. The summed E-state index contributed by atoms with van der Waals surface area (Å²) in [5.74, 6) is 0.444. The summed E-state index contributed by atoms with van der Waals surface area (Å²) in [5, 5.41) is 0. The van der Waals surface area contributed by atoms with E-state index in [-0.39, 0.29) is 5.97 Å². The van der Waals surface area contributed by atoms with Gasteiger partial charge in [-0.3, -0.25) is 0 Å². The molecule has 0 aliphatic heterocycles. The standard InChI is InChI=1S/C19H26O2/c1-19(2,3)21-18(20)17-11-7-10-16(14-17)13-12-15-8-5-4-6-9-15/h7,10-15H,4-6,8-9H2,1-3H3/b13-12+. The predicted octanol–water partition coefficient (Wildman–Crippen LogP) is 5.24. The average Bonchev–Trinajstić information content (AvgIpc) is 2.45. The Morgan fingerprint density at radius 2 is 1.90 bits per heavy atom. The third kappa shape index (κ3) is 5.37. The van der Waals surface area contributed by atoms with Crippen molar-refractivity contribution in [2.24, 2.45) is 5.92 Å². The number of ether oxygens (including phenoxy) is 1. The van der Waals surface area contributed by atoms with Crippen LogP contribution >= 0.6 is 0 Å². The van der Waals surface area contributed by atoms with Crippen molar-refractivity contribution in [3.05, 3.63) is 41.5 Å². The Morgan fingerprint density at radius 3 is 2.57 bits per heavy atom. The zero-order chi connectivity index (χ0) is 15.3. The Hall–Kier alpha value is -1.57. The highest BCUT2D eigenvalue weighted by Gasteiger charge is 2.17. The van der Waals surface area contributed by atoms with Crippen molar-refractivity contribution in [3.8, 4) is 0 Å². The Bertz CT molecular complexity index is 503. The maximum Gasteiger partial charge on any atom is 0.338 e. The summed E-state index contributed by atoms with van der Waals surface area (Å²) in [6.07, 6.45) is 11.1. The number of rotatable bonds is 3. The molecule has 1 aromatic rings. The van der Waals surface area contributed by atoms with E-state index in [0.717, 1.165) is 5.56 Å². The third-order valence-electron chi connectivity index (χ3n) is 3.73. The normalized spacial score (nSPS) is 17.1. The maximum absolute atomic E-state index is 12.1. The van der Waals surface area contributed by atoms with Crippen molar-refractivity contribution < 1.29 is 9.53 Å². The van der Waals surface area contributed by atoms with Gasteiger partial charge in [-0.2, -0.15) is 0 Å². The first-order valence-corrected chi connectivity index (χ1v) is 7.96. The number of esters is 1. The van der Waals surface area contributed by atoms with E-state index in [1.54, 1.807) is 0 Å². The fourth-order valence-electron chi connectivity index (χ4n) is 2.68. The number of allylic oxidation sites excluding steroid dienone is 1. The lowest BCUT2D eigenvalue weighted by Crippen LogP contribution is -2.23. The second kappa shape index (κ2) is 6.93. The monoisotopic (exact) mass is 286 g/mol. The van der Waals surface area contributed by atoms with E-state index in [1.165, 1.54) is 32.1 Å². The fraction of sp³-hybridized carbons (Fsp3) is 0.526. The summed E-state index contributed by atoms with van der Waals surface area (Å²) in [5.41, 5.74) is 1.24. The van der Waals surface area contributed by atoms with Crippen LogP contribution in [0.2, 0.25) is 0 Å². The van der Waals surface area contributed by atoms with Crippen LogP contribution < -0.4 is 0 Å². The smallest absolute Gasteiger partial charge is 0.338 e. The molecule has 1 fully saturated rings. The van der Waals surface area contributed by atoms with Crippen LogP contribution in [0.3, 0.4) is 0 Å². The van der Waals surface area contributed by atoms with Gasteiger partial charge in [0.1, 0.15) is 5.60 Å². The fourth-order valence-corrected chi connectivity index (χ4v) is 2.68. The molecule has 0 N–H and O–H groups in total. The Labute approximate surface area is 128 Å². The van der Waals surface area contributed by atoms with Crippen molar-refractivity contribution in [3.63, 3.8) is 0 Å². The predicted molar refractivity (Wildman–Crippen MR) is 87.2 cm³/mol. The van der Waals surface area contributed by atoms with Gasteiger partial charge in [0.15, 0.2) is 0 Å². The summed E-state index contributed by atoms with van der Waals surface area (Å²) < 4.78 is 5.41. The van der Waals surface area contributed by atoms with Gasteiger partial charge < -0.3 is 4.74 Å². The first-order chi connectivity index (χ1) is 9.94. The zero-order valence-electron chi connectivity index (χ0n) is 13.4. The molecule has 21 heavy (non-hydrogen) atoms. The van der Waals surface area contributed by atoms with E-state index in [0.29, 0.717) is 11.5 Å². The quantitative estimate of drug-likeness (QED) is 0.711. The minimum absolute atomic E-state index is 0.254. The van der Waals surface area contributed by atoms with Crippen molar-refractivity contribution in [1.29, 1.82) is 0 Å². The molecule has 1 aliphatic carbocycles. The van der Waals surface area contributed by atoms with Gasteiger partial charge >= 0.3 is 5.97 Å². The van der Waals surface area contributed by atoms with E-state index in [4.69, 9.17) is 4.74 Å². The van der Waals surface area contributed by atoms with Gasteiger partial charge in [-0.15, -0.1) is 0 Å². The van der Waals surface area contributed by atoms with Crippen LogP contribution in [-0.4, -0.2) is 11.6 Å². The molecule has 114 valence electrons. The van der Waals surface area contributed by atoms with Crippen LogP contribution in [-0.2, 0) is 4.74 Å². The van der Waals surface area contributed by atoms with Crippen molar-refractivity contribution in [2.75, 3.05) is 0 Å². The lowest BCUT2D eigenvalue weighted by molar-refractivity contribution is 0.00695. The molecule has 0 saturated heterocycles. The van der Waals surface area contributed by atoms with E-state index in [9.17, 15) is 4.79 Å². The van der Waals surface area contributed by atoms with Crippen LogP contribution in [0, 0.1) is 5.92 Å². The molecule has 2 nitrogen and oxygen atoms in total. The number of hydrogen-bond donors (Lipinski definition) is 0. The molecular formula is C19H26O2. The SMILES string of the molecule is CC(C)(C)OC(=O)c1cccc(/C=C/C2CCCCC2)c1. The van der Waals surface area contributed by atoms with E-state index >= 15 is 0 Å². The second-order valence-electron chi connectivity index (χ2n) is 6.88. The minimum atomic E-state index is -0.453. The molecule has 1 saturated carbocycles. The van der Waals surface area contributed by atoms with Crippen molar-refractivity contribution in [2.45, 2.75) is 58.5 Å². The van der Waals surface area contributed by atoms with Gasteiger partial charge in [-0.25, -0.2) is 4.79 Å². The summed E-state index contributed by atoms with van der Waals surface area (Å²) in [4.78, 5) is 12.1. The lowest BCUT2D eigenvalue weighted by Gasteiger charge is -2.19. The topological polar surface area (TPSA) is 26.3 Å². The Kier molecular flexibility index (Phi) is 5.22. The van der Waals surface area contributed by atoms with Gasteiger partial charge in [0.2, 0.25) is 0 Å².